The van der Waals surface area contributed by atoms with Gasteiger partial charge in [-0.05, 0) is 32.7 Å². The molecule has 2 rings (SSSR count). The van der Waals surface area contributed by atoms with Crippen molar-refractivity contribution in [3.05, 3.63) is 16.9 Å². The fourth-order valence-corrected chi connectivity index (χ4v) is 2.25. The van der Waals surface area contributed by atoms with Gasteiger partial charge in [-0.15, -0.1) is 0 Å². The monoisotopic (exact) mass is 213 g/mol. The van der Waals surface area contributed by atoms with E-state index in [0.29, 0.717) is 6.04 Å². The average Bonchev–Trinajstić information content (AvgIpc) is 2.79. The fraction of sp³-hybridized carbons (Fsp3) is 0.700. The van der Waals surface area contributed by atoms with Crippen LogP contribution < -0.4 is 5.32 Å². The van der Waals surface area contributed by atoms with Crippen molar-refractivity contribution in [2.24, 2.45) is 0 Å². The Morgan fingerprint density at radius 3 is 3.14 bits per heavy atom. The van der Waals surface area contributed by atoms with Crippen molar-refractivity contribution in [3.8, 4) is 0 Å². The maximum atomic E-state index is 6.18. The van der Waals surface area contributed by atoms with E-state index in [9.17, 15) is 0 Å². The Bertz CT molecular complexity index is 302. The van der Waals surface area contributed by atoms with E-state index in [0.717, 1.165) is 24.7 Å². The lowest BCUT2D eigenvalue weighted by molar-refractivity contribution is 0.601. The van der Waals surface area contributed by atoms with Gasteiger partial charge in [0.1, 0.15) is 5.15 Å². The summed E-state index contributed by atoms with van der Waals surface area (Å²) in [4.78, 5) is 0. The predicted molar refractivity (Wildman–Crippen MR) is 57.6 cm³/mol. The second-order valence-electron chi connectivity index (χ2n) is 3.77. The maximum Gasteiger partial charge on any atom is 0.130 e. The molecule has 0 aliphatic carbocycles. The molecule has 1 aromatic heterocycles. The van der Waals surface area contributed by atoms with Gasteiger partial charge in [-0.25, -0.2) is 0 Å². The van der Waals surface area contributed by atoms with Crippen LogP contribution in [0.25, 0.3) is 0 Å². The zero-order chi connectivity index (χ0) is 9.97. The lowest BCUT2D eigenvalue weighted by atomic mass is 10.1. The lowest BCUT2D eigenvalue weighted by Crippen LogP contribution is -2.23. The summed E-state index contributed by atoms with van der Waals surface area (Å²) in [7, 11) is 0. The zero-order valence-corrected chi connectivity index (χ0v) is 9.22. The zero-order valence-electron chi connectivity index (χ0n) is 8.46. The van der Waals surface area contributed by atoms with E-state index in [1.54, 1.807) is 0 Å². The van der Waals surface area contributed by atoms with Crippen LogP contribution in [0.4, 0.5) is 0 Å². The SMILES string of the molecule is CCn1ncc(CC2CCCN2)c1Cl. The summed E-state index contributed by atoms with van der Waals surface area (Å²) in [6.45, 7) is 4.04. The number of nitrogens with zero attached hydrogens (tertiary/aromatic N) is 2. The first-order valence-corrected chi connectivity index (χ1v) is 5.62. The highest BCUT2D eigenvalue weighted by molar-refractivity contribution is 6.30. The van der Waals surface area contributed by atoms with Crippen LogP contribution in [0.1, 0.15) is 25.3 Å². The van der Waals surface area contributed by atoms with Gasteiger partial charge in [-0.2, -0.15) is 5.10 Å². The summed E-state index contributed by atoms with van der Waals surface area (Å²) in [5, 5.41) is 8.50. The highest BCUT2D eigenvalue weighted by Crippen LogP contribution is 2.19. The molecule has 1 aliphatic rings. The lowest BCUT2D eigenvalue weighted by Gasteiger charge is -2.08. The molecule has 1 N–H and O–H groups in total. The van der Waals surface area contributed by atoms with Crippen LogP contribution in [0, 0.1) is 0 Å². The quantitative estimate of drug-likeness (QED) is 0.831. The maximum absolute atomic E-state index is 6.18. The molecular weight excluding hydrogens is 198 g/mol. The van der Waals surface area contributed by atoms with Gasteiger partial charge in [0, 0.05) is 18.2 Å². The van der Waals surface area contributed by atoms with Crippen molar-refractivity contribution in [1.82, 2.24) is 15.1 Å². The van der Waals surface area contributed by atoms with Gasteiger partial charge in [-0.1, -0.05) is 11.6 Å². The minimum atomic E-state index is 0.599. The highest BCUT2D eigenvalue weighted by atomic mass is 35.5. The summed E-state index contributed by atoms with van der Waals surface area (Å²) < 4.78 is 1.84. The highest BCUT2D eigenvalue weighted by Gasteiger charge is 2.17. The Balaban J connectivity index is 2.04. The number of rotatable bonds is 3. The van der Waals surface area contributed by atoms with Crippen LogP contribution >= 0.6 is 11.6 Å². The van der Waals surface area contributed by atoms with Crippen molar-refractivity contribution in [3.63, 3.8) is 0 Å². The molecule has 0 spiro atoms. The summed E-state index contributed by atoms with van der Waals surface area (Å²) in [6.07, 6.45) is 5.45. The standard InChI is InChI=1S/C10H16ClN3/c1-2-14-10(11)8(7-13-14)6-9-4-3-5-12-9/h7,9,12H,2-6H2,1H3. The molecule has 1 atom stereocenters. The van der Waals surface area contributed by atoms with Gasteiger partial charge < -0.3 is 5.32 Å². The Morgan fingerprint density at radius 2 is 2.57 bits per heavy atom. The van der Waals surface area contributed by atoms with E-state index in [1.165, 1.54) is 18.4 Å². The molecule has 4 heteroatoms. The molecule has 0 bridgehead atoms. The van der Waals surface area contributed by atoms with Crippen molar-refractivity contribution < 1.29 is 0 Å². The van der Waals surface area contributed by atoms with Crippen molar-refractivity contribution >= 4 is 11.6 Å². The molecule has 1 saturated heterocycles. The normalized spacial score (nSPS) is 21.7. The Hall–Kier alpha value is -0.540. The summed E-state index contributed by atoms with van der Waals surface area (Å²) >= 11 is 6.18. The third-order valence-corrected chi connectivity index (χ3v) is 3.21. The van der Waals surface area contributed by atoms with Crippen LogP contribution in [0.2, 0.25) is 5.15 Å². The number of hydrogen-bond acceptors (Lipinski definition) is 2. The third kappa shape index (κ3) is 1.93. The first-order valence-electron chi connectivity index (χ1n) is 5.25. The molecule has 0 aromatic carbocycles. The first kappa shape index (κ1) is 9.99. The van der Waals surface area contributed by atoms with E-state index in [4.69, 9.17) is 11.6 Å². The predicted octanol–water partition coefficient (Wildman–Crippen LogP) is 1.85. The van der Waals surface area contributed by atoms with E-state index in [-0.39, 0.29) is 0 Å². The molecule has 78 valence electrons. The summed E-state index contributed by atoms with van der Waals surface area (Å²) in [5.74, 6) is 0. The Kier molecular flexibility index (Phi) is 3.08. The van der Waals surface area contributed by atoms with Gasteiger partial charge >= 0.3 is 0 Å². The minimum Gasteiger partial charge on any atom is -0.314 e. The van der Waals surface area contributed by atoms with Crippen LogP contribution in [-0.2, 0) is 13.0 Å². The summed E-state index contributed by atoms with van der Waals surface area (Å²) in [5.41, 5.74) is 1.17. The van der Waals surface area contributed by atoms with E-state index >= 15 is 0 Å². The number of halogens is 1. The largest absolute Gasteiger partial charge is 0.314 e. The van der Waals surface area contributed by atoms with Crippen LogP contribution in [-0.4, -0.2) is 22.4 Å². The third-order valence-electron chi connectivity index (χ3n) is 2.77. The minimum absolute atomic E-state index is 0.599. The Labute approximate surface area is 89.4 Å². The Morgan fingerprint density at radius 1 is 1.71 bits per heavy atom. The van der Waals surface area contributed by atoms with Gasteiger partial charge in [0.25, 0.3) is 0 Å². The first-order chi connectivity index (χ1) is 6.81. The molecule has 0 radical (unpaired) electrons. The number of aromatic nitrogens is 2. The number of aryl methyl sites for hydroxylation is 1. The second-order valence-corrected chi connectivity index (χ2v) is 4.13. The average molecular weight is 214 g/mol. The molecule has 1 aromatic rings. The molecule has 0 amide bonds. The van der Waals surface area contributed by atoms with E-state index in [2.05, 4.69) is 17.3 Å². The number of hydrogen-bond donors (Lipinski definition) is 1. The van der Waals surface area contributed by atoms with Crippen LogP contribution in [0.5, 0.6) is 0 Å². The van der Waals surface area contributed by atoms with Crippen LogP contribution in [0.3, 0.4) is 0 Å². The van der Waals surface area contributed by atoms with Gasteiger partial charge in [0.2, 0.25) is 0 Å². The smallest absolute Gasteiger partial charge is 0.130 e. The van der Waals surface area contributed by atoms with Crippen molar-refractivity contribution in [2.45, 2.75) is 38.8 Å². The number of nitrogens with one attached hydrogen (secondary N) is 1. The van der Waals surface area contributed by atoms with Crippen LogP contribution in [0.15, 0.2) is 6.20 Å². The van der Waals surface area contributed by atoms with Gasteiger partial charge in [0.15, 0.2) is 0 Å². The molecule has 1 fully saturated rings. The van der Waals surface area contributed by atoms with Crippen molar-refractivity contribution in [1.29, 1.82) is 0 Å². The molecule has 3 nitrogen and oxygen atoms in total. The van der Waals surface area contributed by atoms with Crippen molar-refractivity contribution in [2.75, 3.05) is 6.54 Å². The topological polar surface area (TPSA) is 29.9 Å². The van der Waals surface area contributed by atoms with E-state index in [1.807, 2.05) is 10.9 Å². The molecular formula is C10H16ClN3. The van der Waals surface area contributed by atoms with E-state index < -0.39 is 0 Å². The molecule has 14 heavy (non-hydrogen) atoms. The fourth-order valence-electron chi connectivity index (χ4n) is 1.96. The molecule has 1 unspecified atom stereocenters. The molecule has 0 saturated carbocycles. The summed E-state index contributed by atoms with van der Waals surface area (Å²) in [6, 6.07) is 0.599. The van der Waals surface area contributed by atoms with Gasteiger partial charge in [0.05, 0.1) is 6.20 Å². The second kappa shape index (κ2) is 4.32. The molecule has 2 heterocycles. The van der Waals surface area contributed by atoms with Gasteiger partial charge in [-0.3, -0.25) is 4.68 Å². The molecule has 1 aliphatic heterocycles.